The Labute approximate surface area is 206 Å². The van der Waals surface area contributed by atoms with E-state index in [9.17, 15) is 9.59 Å². The number of methoxy groups -OCH3 is 3. The molecular formula is C26H26N2O6S. The average Bonchev–Trinajstić information content (AvgIpc) is 3.17. The summed E-state index contributed by atoms with van der Waals surface area (Å²) in [6.45, 7) is 2.12. The van der Waals surface area contributed by atoms with Crippen molar-refractivity contribution in [1.29, 1.82) is 0 Å². The number of benzene rings is 2. The molecule has 182 valence electrons. The lowest BCUT2D eigenvalue weighted by molar-refractivity contribution is -0.140. The molecule has 8 nitrogen and oxygen atoms in total. The molecule has 1 aliphatic heterocycles. The van der Waals surface area contributed by atoms with Gasteiger partial charge in [-0.15, -0.1) is 0 Å². The van der Waals surface area contributed by atoms with Gasteiger partial charge < -0.3 is 18.9 Å². The Morgan fingerprint density at radius 3 is 2.49 bits per heavy atom. The van der Waals surface area contributed by atoms with Crippen molar-refractivity contribution < 1.29 is 23.7 Å². The molecule has 0 saturated carbocycles. The molecule has 1 atom stereocenters. The van der Waals surface area contributed by atoms with Crippen molar-refractivity contribution in [2.45, 2.75) is 13.0 Å². The number of carbonyl (C=O) groups excluding carboxylic acids is 1. The fourth-order valence-corrected chi connectivity index (χ4v) is 4.91. The van der Waals surface area contributed by atoms with E-state index >= 15 is 0 Å². The van der Waals surface area contributed by atoms with E-state index in [-0.39, 0.29) is 18.8 Å². The van der Waals surface area contributed by atoms with Crippen LogP contribution in [-0.2, 0) is 14.3 Å². The van der Waals surface area contributed by atoms with E-state index in [2.05, 4.69) is 4.99 Å². The molecule has 0 bridgehead atoms. The maximum atomic E-state index is 13.6. The first-order chi connectivity index (χ1) is 17.0. The fourth-order valence-electron chi connectivity index (χ4n) is 3.86. The van der Waals surface area contributed by atoms with Crippen LogP contribution in [0.3, 0.4) is 0 Å². The van der Waals surface area contributed by atoms with Gasteiger partial charge in [-0.25, -0.2) is 9.79 Å². The fraction of sp³-hybridized carbons (Fsp3) is 0.269. The summed E-state index contributed by atoms with van der Waals surface area (Å²) < 4.78 is 23.1. The van der Waals surface area contributed by atoms with E-state index in [0.717, 1.165) is 11.1 Å². The number of thiazole rings is 1. The van der Waals surface area contributed by atoms with Gasteiger partial charge in [0, 0.05) is 7.11 Å². The maximum absolute atomic E-state index is 13.6. The number of fused-ring (bicyclic) bond motifs is 1. The number of allylic oxidation sites excluding steroid dienone is 1. The minimum atomic E-state index is -0.695. The molecule has 0 amide bonds. The summed E-state index contributed by atoms with van der Waals surface area (Å²) in [5.41, 5.74) is 2.14. The molecule has 1 aromatic heterocycles. The molecule has 0 fully saturated rings. The smallest absolute Gasteiger partial charge is 0.338 e. The minimum absolute atomic E-state index is 0.0989. The molecule has 35 heavy (non-hydrogen) atoms. The lowest BCUT2D eigenvalue weighted by atomic mass is 9.96. The Kier molecular flexibility index (Phi) is 7.48. The zero-order valence-electron chi connectivity index (χ0n) is 19.9. The normalized spacial score (nSPS) is 15.4. The summed E-state index contributed by atoms with van der Waals surface area (Å²) in [4.78, 5) is 31.9. The summed E-state index contributed by atoms with van der Waals surface area (Å²) in [5.74, 6) is 0.829. The summed E-state index contributed by atoms with van der Waals surface area (Å²) in [7, 11) is 4.71. The summed E-state index contributed by atoms with van der Waals surface area (Å²) >= 11 is 1.27. The molecule has 0 saturated heterocycles. The number of hydrogen-bond donors (Lipinski definition) is 0. The molecule has 0 aliphatic carbocycles. The number of aromatic nitrogens is 1. The van der Waals surface area contributed by atoms with Gasteiger partial charge in [-0.05, 0) is 48.4 Å². The zero-order valence-corrected chi connectivity index (χ0v) is 20.8. The van der Waals surface area contributed by atoms with Crippen LogP contribution in [0.1, 0.15) is 24.1 Å². The van der Waals surface area contributed by atoms with Crippen LogP contribution in [0.25, 0.3) is 6.08 Å². The number of hydrogen-bond acceptors (Lipinski definition) is 8. The van der Waals surface area contributed by atoms with Crippen LogP contribution in [-0.4, -0.2) is 45.1 Å². The SMILES string of the molecule is COCCOC(=O)C1=C(C)N=c2s/c(=C/c3cccc(OC)c3)c(=O)n2[C@H]1c1ccc(OC)cc1. The first-order valence-corrected chi connectivity index (χ1v) is 11.7. The third kappa shape index (κ3) is 5.06. The Morgan fingerprint density at radius 2 is 1.80 bits per heavy atom. The molecular weight excluding hydrogens is 468 g/mol. The lowest BCUT2D eigenvalue weighted by Crippen LogP contribution is -2.40. The highest BCUT2D eigenvalue weighted by atomic mass is 32.1. The molecule has 9 heteroatoms. The molecule has 2 heterocycles. The van der Waals surface area contributed by atoms with E-state index in [1.807, 2.05) is 36.4 Å². The molecule has 1 aliphatic rings. The lowest BCUT2D eigenvalue weighted by Gasteiger charge is -2.25. The van der Waals surface area contributed by atoms with Crippen LogP contribution in [0.4, 0.5) is 0 Å². The van der Waals surface area contributed by atoms with Crippen molar-refractivity contribution >= 4 is 23.4 Å². The average molecular weight is 495 g/mol. The second kappa shape index (κ2) is 10.7. The number of rotatable bonds is 8. The van der Waals surface area contributed by atoms with Gasteiger partial charge >= 0.3 is 5.97 Å². The van der Waals surface area contributed by atoms with E-state index < -0.39 is 12.0 Å². The first kappa shape index (κ1) is 24.4. The van der Waals surface area contributed by atoms with E-state index in [1.54, 1.807) is 43.9 Å². The molecule has 2 aromatic carbocycles. The van der Waals surface area contributed by atoms with E-state index in [1.165, 1.54) is 18.4 Å². The highest BCUT2D eigenvalue weighted by Crippen LogP contribution is 2.31. The third-order valence-electron chi connectivity index (χ3n) is 5.59. The van der Waals surface area contributed by atoms with Gasteiger partial charge in [-0.1, -0.05) is 35.6 Å². The minimum Gasteiger partial charge on any atom is -0.497 e. The number of ether oxygens (including phenoxy) is 4. The summed E-state index contributed by atoms with van der Waals surface area (Å²) in [6.07, 6.45) is 1.80. The third-order valence-corrected chi connectivity index (χ3v) is 6.57. The Balaban J connectivity index is 1.87. The molecule has 0 unspecified atom stereocenters. The largest absolute Gasteiger partial charge is 0.497 e. The first-order valence-electron chi connectivity index (χ1n) is 10.9. The van der Waals surface area contributed by atoms with Crippen LogP contribution >= 0.6 is 11.3 Å². The monoisotopic (exact) mass is 494 g/mol. The summed E-state index contributed by atoms with van der Waals surface area (Å²) in [6, 6.07) is 14.0. The van der Waals surface area contributed by atoms with Gasteiger partial charge in [-0.2, -0.15) is 0 Å². The van der Waals surface area contributed by atoms with Gasteiger partial charge in [0.2, 0.25) is 0 Å². The topological polar surface area (TPSA) is 88.4 Å². The maximum Gasteiger partial charge on any atom is 0.338 e. The molecule has 4 rings (SSSR count). The van der Waals surface area contributed by atoms with Gasteiger partial charge in [0.25, 0.3) is 5.56 Å². The molecule has 0 radical (unpaired) electrons. The number of nitrogens with zero attached hydrogens (tertiary/aromatic N) is 2. The number of carbonyl (C=O) groups is 1. The molecule has 0 N–H and O–H groups in total. The van der Waals surface area contributed by atoms with E-state index in [0.29, 0.717) is 32.1 Å². The second-order valence-corrected chi connectivity index (χ2v) is 8.77. The molecule has 0 spiro atoms. The Morgan fingerprint density at radius 1 is 1.06 bits per heavy atom. The zero-order chi connectivity index (χ0) is 24.9. The second-order valence-electron chi connectivity index (χ2n) is 7.76. The van der Waals surface area contributed by atoms with E-state index in [4.69, 9.17) is 18.9 Å². The van der Waals surface area contributed by atoms with Crippen molar-refractivity contribution in [2.75, 3.05) is 34.5 Å². The van der Waals surface area contributed by atoms with Crippen LogP contribution < -0.4 is 24.4 Å². The highest BCUT2D eigenvalue weighted by Gasteiger charge is 2.33. The quantitative estimate of drug-likeness (QED) is 0.353. The van der Waals surface area contributed by atoms with Crippen LogP contribution in [0.15, 0.2) is 69.6 Å². The van der Waals surface area contributed by atoms with Crippen molar-refractivity contribution in [3.05, 3.63) is 90.6 Å². The molecule has 3 aromatic rings. The van der Waals surface area contributed by atoms with Crippen molar-refractivity contribution in [3.8, 4) is 11.5 Å². The highest BCUT2D eigenvalue weighted by molar-refractivity contribution is 7.07. The Bertz CT molecular complexity index is 1440. The van der Waals surface area contributed by atoms with Crippen LogP contribution in [0, 0.1) is 0 Å². The van der Waals surface area contributed by atoms with Crippen LogP contribution in [0.5, 0.6) is 11.5 Å². The summed E-state index contributed by atoms with van der Waals surface area (Å²) in [5, 5.41) is 0. The van der Waals surface area contributed by atoms with Gasteiger partial charge in [0.1, 0.15) is 18.1 Å². The van der Waals surface area contributed by atoms with Gasteiger partial charge in [-0.3, -0.25) is 9.36 Å². The van der Waals surface area contributed by atoms with Crippen molar-refractivity contribution in [2.24, 2.45) is 4.99 Å². The van der Waals surface area contributed by atoms with Crippen molar-refractivity contribution in [3.63, 3.8) is 0 Å². The van der Waals surface area contributed by atoms with Crippen molar-refractivity contribution in [1.82, 2.24) is 4.57 Å². The van der Waals surface area contributed by atoms with Gasteiger partial charge in [0.15, 0.2) is 4.80 Å². The van der Waals surface area contributed by atoms with Gasteiger partial charge in [0.05, 0.1) is 42.7 Å². The Hall–Kier alpha value is -3.69. The standard InChI is InChI=1S/C26H26N2O6S/c1-16-22(25(30)34-13-12-31-2)23(18-8-10-19(32-3)11-9-18)28-24(29)21(35-26(28)27-16)15-17-6-5-7-20(14-17)33-4/h5-11,14-15,23H,12-13H2,1-4H3/b21-15+/t23-/m0/s1. The number of esters is 1. The predicted molar refractivity (Wildman–Crippen MR) is 133 cm³/mol. The predicted octanol–water partition coefficient (Wildman–Crippen LogP) is 2.44. The van der Waals surface area contributed by atoms with Crippen LogP contribution in [0.2, 0.25) is 0 Å².